The molecule has 0 bridgehead atoms. The lowest BCUT2D eigenvalue weighted by molar-refractivity contribution is 0.0649. The molecule has 1 aromatic carbocycles. The van der Waals surface area contributed by atoms with Gasteiger partial charge in [-0.05, 0) is 52.0 Å². The van der Waals surface area contributed by atoms with Crippen LogP contribution in [0.25, 0.3) is 0 Å². The van der Waals surface area contributed by atoms with Gasteiger partial charge < -0.3 is 15.7 Å². The number of amides is 1. The number of hydrogen-bond donors (Lipinski definition) is 3. The fraction of sp³-hybridized carbons (Fsp3) is 0.500. The van der Waals surface area contributed by atoms with Crippen molar-refractivity contribution < 1.29 is 9.90 Å². The molecule has 0 aliphatic heterocycles. The fourth-order valence-electron chi connectivity index (χ4n) is 1.41. The normalized spacial score (nSPS) is 12.9. The van der Waals surface area contributed by atoms with Crippen molar-refractivity contribution in [2.24, 2.45) is 0 Å². The molecule has 1 rings (SSSR count). The molecule has 0 saturated carbocycles. The van der Waals surface area contributed by atoms with Gasteiger partial charge in [0, 0.05) is 17.8 Å². The van der Waals surface area contributed by atoms with Crippen LogP contribution in [-0.4, -0.2) is 29.2 Å². The van der Waals surface area contributed by atoms with Crippen molar-refractivity contribution in [3.05, 3.63) is 29.8 Å². The average molecular weight is 250 g/mol. The highest BCUT2D eigenvalue weighted by atomic mass is 16.3. The van der Waals surface area contributed by atoms with Gasteiger partial charge in [0.15, 0.2) is 0 Å². The smallest absolute Gasteiger partial charge is 0.251 e. The van der Waals surface area contributed by atoms with Crippen molar-refractivity contribution in [3.63, 3.8) is 0 Å². The first-order chi connectivity index (χ1) is 8.34. The molecule has 18 heavy (non-hydrogen) atoms. The lowest BCUT2D eigenvalue weighted by Gasteiger charge is -2.27. The molecule has 4 heteroatoms. The molecule has 1 aromatic rings. The van der Waals surface area contributed by atoms with Gasteiger partial charge in [0.25, 0.3) is 5.91 Å². The van der Waals surface area contributed by atoms with Crippen molar-refractivity contribution in [3.8, 4) is 0 Å². The van der Waals surface area contributed by atoms with Crippen molar-refractivity contribution in [1.29, 1.82) is 0 Å². The molecule has 0 radical (unpaired) electrons. The van der Waals surface area contributed by atoms with E-state index in [2.05, 4.69) is 10.6 Å². The van der Waals surface area contributed by atoms with E-state index in [-0.39, 0.29) is 11.9 Å². The number of rotatable bonds is 5. The highest BCUT2D eigenvalue weighted by molar-refractivity contribution is 5.94. The Morgan fingerprint density at radius 1 is 1.33 bits per heavy atom. The molecule has 0 spiro atoms. The largest absolute Gasteiger partial charge is 0.388 e. The van der Waals surface area contributed by atoms with Gasteiger partial charge in [0.2, 0.25) is 0 Å². The SMILES string of the molecule is CCNC(=O)c1ccc(NC(C)C(C)(C)O)cc1. The summed E-state index contributed by atoms with van der Waals surface area (Å²) in [5.41, 5.74) is 0.731. The maximum Gasteiger partial charge on any atom is 0.251 e. The van der Waals surface area contributed by atoms with E-state index in [1.165, 1.54) is 0 Å². The summed E-state index contributed by atoms with van der Waals surface area (Å²) >= 11 is 0. The zero-order valence-electron chi connectivity index (χ0n) is 11.4. The Bertz CT molecular complexity index is 393. The Balaban J connectivity index is 2.69. The zero-order chi connectivity index (χ0) is 13.8. The van der Waals surface area contributed by atoms with Gasteiger partial charge in [-0.3, -0.25) is 4.79 Å². The molecule has 1 unspecified atom stereocenters. The summed E-state index contributed by atoms with van der Waals surface area (Å²) in [5.74, 6) is -0.0698. The van der Waals surface area contributed by atoms with Crippen LogP contribution in [0, 0.1) is 0 Å². The molecule has 0 heterocycles. The minimum Gasteiger partial charge on any atom is -0.388 e. The third-order valence-corrected chi connectivity index (χ3v) is 2.93. The molecule has 1 atom stereocenters. The van der Waals surface area contributed by atoms with Crippen LogP contribution in [0.4, 0.5) is 5.69 Å². The maximum absolute atomic E-state index is 11.6. The summed E-state index contributed by atoms with van der Waals surface area (Å²) in [6.07, 6.45) is 0. The Morgan fingerprint density at radius 3 is 2.33 bits per heavy atom. The van der Waals surface area contributed by atoms with Crippen LogP contribution in [-0.2, 0) is 0 Å². The first-order valence-electron chi connectivity index (χ1n) is 6.21. The van der Waals surface area contributed by atoms with Gasteiger partial charge in [-0.1, -0.05) is 0 Å². The van der Waals surface area contributed by atoms with Crippen molar-refractivity contribution in [2.45, 2.75) is 39.3 Å². The second kappa shape index (κ2) is 5.87. The van der Waals surface area contributed by atoms with Gasteiger partial charge in [0.1, 0.15) is 0 Å². The summed E-state index contributed by atoms with van der Waals surface area (Å²) in [6.45, 7) is 7.94. The first kappa shape index (κ1) is 14.5. The molecule has 0 fully saturated rings. The van der Waals surface area contributed by atoms with E-state index in [0.29, 0.717) is 12.1 Å². The van der Waals surface area contributed by atoms with Crippen LogP contribution in [0.1, 0.15) is 38.1 Å². The quantitative estimate of drug-likeness (QED) is 0.749. The molecule has 3 N–H and O–H groups in total. The highest BCUT2D eigenvalue weighted by Crippen LogP contribution is 2.16. The standard InChI is InChI=1S/C14H22N2O2/c1-5-15-13(17)11-6-8-12(9-7-11)16-10(2)14(3,4)18/h6-10,16,18H,5H2,1-4H3,(H,15,17). The summed E-state index contributed by atoms with van der Waals surface area (Å²) in [5, 5.41) is 15.8. The topological polar surface area (TPSA) is 61.4 Å². The van der Waals surface area contributed by atoms with E-state index < -0.39 is 5.60 Å². The second-order valence-corrected chi connectivity index (χ2v) is 4.96. The number of hydrogen-bond acceptors (Lipinski definition) is 3. The third-order valence-electron chi connectivity index (χ3n) is 2.93. The molecule has 0 aliphatic carbocycles. The van der Waals surface area contributed by atoms with E-state index in [0.717, 1.165) is 5.69 Å². The summed E-state index contributed by atoms with van der Waals surface area (Å²) < 4.78 is 0. The molecule has 0 aromatic heterocycles. The van der Waals surface area contributed by atoms with E-state index in [1.807, 2.05) is 26.0 Å². The number of nitrogens with one attached hydrogen (secondary N) is 2. The average Bonchev–Trinajstić information content (AvgIpc) is 2.29. The Kier molecular flexibility index (Phi) is 4.73. The monoisotopic (exact) mass is 250 g/mol. The lowest BCUT2D eigenvalue weighted by Crippen LogP contribution is -2.39. The van der Waals surface area contributed by atoms with Gasteiger partial charge in [-0.15, -0.1) is 0 Å². The molecule has 4 nitrogen and oxygen atoms in total. The summed E-state index contributed by atoms with van der Waals surface area (Å²) in [4.78, 5) is 11.6. The van der Waals surface area contributed by atoms with Crippen LogP contribution in [0.15, 0.2) is 24.3 Å². The maximum atomic E-state index is 11.6. The van der Waals surface area contributed by atoms with Crippen LogP contribution < -0.4 is 10.6 Å². The van der Waals surface area contributed by atoms with Crippen molar-refractivity contribution in [1.82, 2.24) is 5.32 Å². The number of anilines is 1. The van der Waals surface area contributed by atoms with Crippen molar-refractivity contribution in [2.75, 3.05) is 11.9 Å². The Hall–Kier alpha value is -1.55. The van der Waals surface area contributed by atoms with Crippen LogP contribution in [0.2, 0.25) is 0 Å². The molecule has 100 valence electrons. The molecular weight excluding hydrogens is 228 g/mol. The number of carbonyl (C=O) groups excluding carboxylic acids is 1. The third kappa shape index (κ3) is 4.04. The number of aliphatic hydroxyl groups is 1. The highest BCUT2D eigenvalue weighted by Gasteiger charge is 2.21. The second-order valence-electron chi connectivity index (χ2n) is 4.96. The fourth-order valence-corrected chi connectivity index (χ4v) is 1.41. The van der Waals surface area contributed by atoms with E-state index >= 15 is 0 Å². The van der Waals surface area contributed by atoms with Crippen LogP contribution in [0.5, 0.6) is 0 Å². The van der Waals surface area contributed by atoms with E-state index in [1.54, 1.807) is 26.0 Å². The van der Waals surface area contributed by atoms with Crippen LogP contribution in [0.3, 0.4) is 0 Å². The van der Waals surface area contributed by atoms with Gasteiger partial charge in [-0.25, -0.2) is 0 Å². The zero-order valence-corrected chi connectivity index (χ0v) is 11.4. The minimum absolute atomic E-state index is 0.0698. The number of carbonyl (C=O) groups is 1. The molecule has 0 saturated heterocycles. The number of benzene rings is 1. The lowest BCUT2D eigenvalue weighted by atomic mass is 10.0. The molecule has 0 aliphatic rings. The van der Waals surface area contributed by atoms with E-state index in [9.17, 15) is 9.90 Å². The van der Waals surface area contributed by atoms with Gasteiger partial charge >= 0.3 is 0 Å². The summed E-state index contributed by atoms with van der Waals surface area (Å²) in [6, 6.07) is 7.14. The predicted octanol–water partition coefficient (Wildman–Crippen LogP) is 2.01. The molecular formula is C14H22N2O2. The Morgan fingerprint density at radius 2 is 1.89 bits per heavy atom. The predicted molar refractivity (Wildman–Crippen MR) is 73.8 cm³/mol. The van der Waals surface area contributed by atoms with Crippen LogP contribution >= 0.6 is 0 Å². The van der Waals surface area contributed by atoms with Gasteiger partial charge in [0.05, 0.1) is 11.6 Å². The minimum atomic E-state index is -0.793. The first-order valence-corrected chi connectivity index (χ1v) is 6.21. The van der Waals surface area contributed by atoms with Crippen molar-refractivity contribution >= 4 is 11.6 Å². The Labute approximate surface area is 108 Å². The molecule has 1 amide bonds. The summed E-state index contributed by atoms with van der Waals surface area (Å²) in [7, 11) is 0. The van der Waals surface area contributed by atoms with E-state index in [4.69, 9.17) is 0 Å². The van der Waals surface area contributed by atoms with Gasteiger partial charge in [-0.2, -0.15) is 0 Å².